The normalized spacial score (nSPS) is 18.2. The van der Waals surface area contributed by atoms with Crippen LogP contribution in [0.25, 0.3) is 0 Å². The molecule has 0 bridgehead atoms. The molecule has 80 valence electrons. The van der Waals surface area contributed by atoms with Gasteiger partial charge in [0.05, 0.1) is 4.88 Å². The Morgan fingerprint density at radius 2 is 2.27 bits per heavy atom. The van der Waals surface area contributed by atoms with Gasteiger partial charge in [-0.3, -0.25) is 4.79 Å². The van der Waals surface area contributed by atoms with Gasteiger partial charge >= 0.3 is 5.97 Å². The second-order valence-electron chi connectivity index (χ2n) is 4.23. The molecule has 0 spiro atoms. The molecule has 15 heavy (non-hydrogen) atoms. The van der Waals surface area contributed by atoms with Crippen LogP contribution in [-0.2, 0) is 5.41 Å². The highest BCUT2D eigenvalue weighted by Gasteiger charge is 2.37. The molecule has 4 heteroatoms. The van der Waals surface area contributed by atoms with Crippen LogP contribution >= 0.6 is 11.3 Å². The Balaban J connectivity index is 2.48. The van der Waals surface area contributed by atoms with E-state index < -0.39 is 5.97 Å². The van der Waals surface area contributed by atoms with Crippen LogP contribution in [0.5, 0.6) is 0 Å². The molecule has 3 nitrogen and oxygen atoms in total. The molecular weight excluding hydrogens is 212 g/mol. The lowest BCUT2D eigenvalue weighted by molar-refractivity contribution is 0.0697. The lowest BCUT2D eigenvalue weighted by Gasteiger charge is -2.38. The standard InChI is InChI=1S/C11H12O3S/c1-11(3-2-4-11)8-5-7(6-12)15-9(8)10(13)14/h5-6H,2-4H2,1H3,(H,13,14). The first-order valence-corrected chi connectivity index (χ1v) is 5.71. The van der Waals surface area contributed by atoms with Gasteiger partial charge in [0.15, 0.2) is 6.29 Å². The number of hydrogen-bond donors (Lipinski definition) is 1. The highest BCUT2D eigenvalue weighted by Crippen LogP contribution is 2.46. The molecule has 1 aromatic heterocycles. The summed E-state index contributed by atoms with van der Waals surface area (Å²) >= 11 is 1.08. The number of hydrogen-bond acceptors (Lipinski definition) is 3. The summed E-state index contributed by atoms with van der Waals surface area (Å²) in [5.74, 6) is -0.920. The first-order chi connectivity index (χ1) is 7.07. The predicted octanol–water partition coefficient (Wildman–Crippen LogP) is 2.70. The third-order valence-corrected chi connectivity index (χ3v) is 4.22. The van der Waals surface area contributed by atoms with Gasteiger partial charge in [-0.25, -0.2) is 4.79 Å². The molecule has 0 saturated heterocycles. The third-order valence-electron chi connectivity index (χ3n) is 3.17. The van der Waals surface area contributed by atoms with Crippen molar-refractivity contribution >= 4 is 23.6 Å². The maximum atomic E-state index is 11.0. The van der Waals surface area contributed by atoms with Gasteiger partial charge in [-0.1, -0.05) is 13.3 Å². The number of carbonyl (C=O) groups is 2. The maximum Gasteiger partial charge on any atom is 0.346 e. The third kappa shape index (κ3) is 1.59. The molecule has 1 heterocycles. The van der Waals surface area contributed by atoms with E-state index in [0.717, 1.165) is 42.4 Å². The van der Waals surface area contributed by atoms with Crippen LogP contribution < -0.4 is 0 Å². The molecular formula is C11H12O3S. The zero-order valence-electron chi connectivity index (χ0n) is 8.45. The Morgan fingerprint density at radius 3 is 2.67 bits per heavy atom. The molecule has 0 aliphatic heterocycles. The van der Waals surface area contributed by atoms with Crippen molar-refractivity contribution in [3.8, 4) is 0 Å². The van der Waals surface area contributed by atoms with Gasteiger partial charge in [-0.15, -0.1) is 11.3 Å². The quantitative estimate of drug-likeness (QED) is 0.803. The minimum absolute atomic E-state index is 0.0223. The molecule has 1 saturated carbocycles. The SMILES string of the molecule is CC1(c2cc(C=O)sc2C(=O)O)CCC1. The molecule has 1 aliphatic rings. The van der Waals surface area contributed by atoms with Gasteiger partial charge in [-0.05, 0) is 29.9 Å². The Kier molecular flexibility index (Phi) is 2.38. The molecule has 1 aromatic rings. The minimum atomic E-state index is -0.920. The predicted molar refractivity (Wildman–Crippen MR) is 57.9 cm³/mol. The average Bonchev–Trinajstić information content (AvgIpc) is 2.58. The van der Waals surface area contributed by atoms with Crippen molar-refractivity contribution in [2.24, 2.45) is 0 Å². The van der Waals surface area contributed by atoms with Crippen LogP contribution in [0.3, 0.4) is 0 Å². The molecule has 0 radical (unpaired) electrons. The van der Waals surface area contributed by atoms with Crippen molar-refractivity contribution in [2.75, 3.05) is 0 Å². The van der Waals surface area contributed by atoms with Gasteiger partial charge in [0.2, 0.25) is 0 Å². The van der Waals surface area contributed by atoms with E-state index in [4.69, 9.17) is 5.11 Å². The van der Waals surface area contributed by atoms with Crippen LogP contribution in [0, 0.1) is 0 Å². The van der Waals surface area contributed by atoms with E-state index in [1.54, 1.807) is 6.07 Å². The Labute approximate surface area is 91.7 Å². The van der Waals surface area contributed by atoms with E-state index >= 15 is 0 Å². The van der Waals surface area contributed by atoms with Crippen molar-refractivity contribution < 1.29 is 14.7 Å². The summed E-state index contributed by atoms with van der Waals surface area (Å²) in [5.41, 5.74) is 0.819. The van der Waals surface area contributed by atoms with E-state index in [-0.39, 0.29) is 5.41 Å². The highest BCUT2D eigenvalue weighted by atomic mass is 32.1. The topological polar surface area (TPSA) is 54.4 Å². The number of aldehydes is 1. The Hall–Kier alpha value is -1.16. The number of carbonyl (C=O) groups excluding carboxylic acids is 1. The van der Waals surface area contributed by atoms with Crippen LogP contribution in [0.15, 0.2) is 6.07 Å². The van der Waals surface area contributed by atoms with Crippen molar-refractivity contribution in [3.05, 3.63) is 21.4 Å². The van der Waals surface area contributed by atoms with Gasteiger partial charge in [0, 0.05) is 0 Å². The van der Waals surface area contributed by atoms with Crippen LogP contribution in [0.1, 0.15) is 51.1 Å². The highest BCUT2D eigenvalue weighted by molar-refractivity contribution is 7.15. The lowest BCUT2D eigenvalue weighted by atomic mass is 9.66. The van der Waals surface area contributed by atoms with Gasteiger partial charge in [0.1, 0.15) is 4.88 Å². The molecule has 0 unspecified atom stereocenters. The summed E-state index contributed by atoms with van der Waals surface area (Å²) in [5, 5.41) is 9.05. The Bertz CT molecular complexity index is 415. The number of rotatable bonds is 3. The zero-order chi connectivity index (χ0) is 11.1. The summed E-state index contributed by atoms with van der Waals surface area (Å²) in [6.07, 6.45) is 3.90. The second-order valence-corrected chi connectivity index (χ2v) is 5.31. The number of aromatic carboxylic acids is 1. The molecule has 1 fully saturated rings. The summed E-state index contributed by atoms with van der Waals surface area (Å²) in [7, 11) is 0. The van der Waals surface area contributed by atoms with E-state index in [1.807, 2.05) is 0 Å². The van der Waals surface area contributed by atoms with Gasteiger partial charge < -0.3 is 5.11 Å². The van der Waals surface area contributed by atoms with Crippen molar-refractivity contribution in [3.63, 3.8) is 0 Å². The van der Waals surface area contributed by atoms with E-state index in [2.05, 4.69) is 6.92 Å². The fourth-order valence-electron chi connectivity index (χ4n) is 2.05. The van der Waals surface area contributed by atoms with Crippen molar-refractivity contribution in [1.29, 1.82) is 0 Å². The summed E-state index contributed by atoms with van der Waals surface area (Å²) < 4.78 is 0. The van der Waals surface area contributed by atoms with Crippen molar-refractivity contribution in [2.45, 2.75) is 31.6 Å². The molecule has 0 aromatic carbocycles. The lowest BCUT2D eigenvalue weighted by Crippen LogP contribution is -2.31. The summed E-state index contributed by atoms with van der Waals surface area (Å²) in [6.45, 7) is 2.07. The monoisotopic (exact) mass is 224 g/mol. The Morgan fingerprint density at radius 1 is 1.60 bits per heavy atom. The van der Waals surface area contributed by atoms with Gasteiger partial charge in [-0.2, -0.15) is 0 Å². The molecule has 0 atom stereocenters. The number of carboxylic acid groups (broad SMARTS) is 1. The first kappa shape index (κ1) is 10.4. The minimum Gasteiger partial charge on any atom is -0.477 e. The first-order valence-electron chi connectivity index (χ1n) is 4.89. The molecule has 1 aliphatic carbocycles. The van der Waals surface area contributed by atoms with E-state index in [9.17, 15) is 9.59 Å². The van der Waals surface area contributed by atoms with Crippen LogP contribution in [0.2, 0.25) is 0 Å². The second kappa shape index (κ2) is 3.45. The fraction of sp³-hybridized carbons (Fsp3) is 0.455. The van der Waals surface area contributed by atoms with Gasteiger partial charge in [0.25, 0.3) is 0 Å². The number of carboxylic acids is 1. The van der Waals surface area contributed by atoms with Crippen molar-refractivity contribution in [1.82, 2.24) is 0 Å². The number of thiophene rings is 1. The zero-order valence-corrected chi connectivity index (χ0v) is 9.26. The molecule has 0 amide bonds. The molecule has 2 rings (SSSR count). The summed E-state index contributed by atoms with van der Waals surface area (Å²) in [6, 6.07) is 1.74. The summed E-state index contributed by atoms with van der Waals surface area (Å²) in [4.78, 5) is 22.5. The van der Waals surface area contributed by atoms with E-state index in [0.29, 0.717) is 9.75 Å². The van der Waals surface area contributed by atoms with E-state index in [1.165, 1.54) is 0 Å². The largest absolute Gasteiger partial charge is 0.477 e. The average molecular weight is 224 g/mol. The van der Waals surface area contributed by atoms with Crippen LogP contribution in [0.4, 0.5) is 0 Å². The maximum absolute atomic E-state index is 11.0. The molecule has 1 N–H and O–H groups in total. The fourth-order valence-corrected chi connectivity index (χ4v) is 3.01. The van der Waals surface area contributed by atoms with Crippen LogP contribution in [-0.4, -0.2) is 17.4 Å². The smallest absolute Gasteiger partial charge is 0.346 e.